The van der Waals surface area contributed by atoms with Crippen molar-refractivity contribution in [2.45, 2.75) is 33.6 Å². The first kappa shape index (κ1) is 25.3. The lowest BCUT2D eigenvalue weighted by Crippen LogP contribution is -2.50. The number of ketones is 1. The summed E-state index contributed by atoms with van der Waals surface area (Å²) in [5, 5.41) is 2.93. The molecule has 1 N–H and O–H groups in total. The Kier molecular flexibility index (Phi) is 7.51. The van der Waals surface area contributed by atoms with Gasteiger partial charge in [-0.1, -0.05) is 6.08 Å². The number of allylic oxidation sites excluding steroid dienone is 3. The van der Waals surface area contributed by atoms with Gasteiger partial charge < -0.3 is 22.9 Å². The summed E-state index contributed by atoms with van der Waals surface area (Å²) in [6, 6.07) is 3.42. The first-order chi connectivity index (χ1) is 16.7. The van der Waals surface area contributed by atoms with Gasteiger partial charge in [-0.2, -0.15) is 0 Å². The van der Waals surface area contributed by atoms with Gasteiger partial charge in [0, 0.05) is 82.6 Å². The van der Waals surface area contributed by atoms with E-state index in [1.54, 1.807) is 44.2 Å². The highest BCUT2D eigenvalue weighted by molar-refractivity contribution is 6.58. The van der Waals surface area contributed by atoms with Crippen molar-refractivity contribution in [3.8, 4) is 0 Å². The van der Waals surface area contributed by atoms with Crippen molar-refractivity contribution in [3.63, 3.8) is 0 Å². The molecule has 1 aromatic rings. The van der Waals surface area contributed by atoms with Gasteiger partial charge >= 0.3 is 6.97 Å². The third kappa shape index (κ3) is 5.54. The summed E-state index contributed by atoms with van der Waals surface area (Å²) in [7, 11) is 0. The number of hydrogen-bond acceptors (Lipinski definition) is 4. The van der Waals surface area contributed by atoms with Crippen molar-refractivity contribution in [1.29, 1.82) is 0 Å². The van der Waals surface area contributed by atoms with Gasteiger partial charge in [0.25, 0.3) is 0 Å². The summed E-state index contributed by atoms with van der Waals surface area (Å²) in [5.41, 5.74) is 2.88. The minimum atomic E-state index is -3.99. The number of aromatic nitrogens is 1. The second-order valence-electron chi connectivity index (χ2n) is 9.58. The highest BCUT2D eigenvalue weighted by Gasteiger charge is 2.52. The lowest BCUT2D eigenvalue weighted by Gasteiger charge is -2.34. The maximum absolute atomic E-state index is 15.5. The van der Waals surface area contributed by atoms with Crippen LogP contribution in [0, 0.1) is 0 Å². The van der Waals surface area contributed by atoms with Crippen LogP contribution in [0.5, 0.6) is 0 Å². The SMILES string of the molecule is CC(=O)/C=C/CN1CCN(CCNC(=O)CCc2ccc3n2[B-](F)(F)[N+]2=C(C)C=C(C)C2=C3)CC1. The van der Waals surface area contributed by atoms with E-state index in [-0.39, 0.29) is 24.5 Å². The van der Waals surface area contributed by atoms with Crippen molar-refractivity contribution in [3.05, 3.63) is 53.0 Å². The van der Waals surface area contributed by atoms with Gasteiger partial charge in [0.2, 0.25) is 5.91 Å². The molecule has 0 aromatic carbocycles. The van der Waals surface area contributed by atoms with Gasteiger partial charge in [-0.15, -0.1) is 0 Å². The lowest BCUT2D eigenvalue weighted by atomic mass is 9.89. The summed E-state index contributed by atoms with van der Waals surface area (Å²) < 4.78 is 33.2. The summed E-state index contributed by atoms with van der Waals surface area (Å²) in [6.07, 6.45) is 7.51. The van der Waals surface area contributed by atoms with Crippen LogP contribution in [0.3, 0.4) is 0 Å². The first-order valence-corrected chi connectivity index (χ1v) is 12.3. The van der Waals surface area contributed by atoms with Crippen LogP contribution in [0.2, 0.25) is 0 Å². The van der Waals surface area contributed by atoms with E-state index in [1.165, 1.54) is 0 Å². The predicted molar refractivity (Wildman–Crippen MR) is 135 cm³/mol. The standard InChI is InChI=1S/C25H34BF2N5O2/c1-19-17-20(2)32-24(19)18-23-7-6-22(33(23)26(32,27)28)8-9-25(35)29-10-12-31-15-13-30(14-16-31)11-4-5-21(3)34/h4-7,17-18H,8-16H2,1-3H3,(H,29,35)/b5-4+. The summed E-state index contributed by atoms with van der Waals surface area (Å²) >= 11 is 0. The zero-order valence-electron chi connectivity index (χ0n) is 20.8. The van der Waals surface area contributed by atoms with E-state index in [0.717, 1.165) is 53.8 Å². The molecule has 35 heavy (non-hydrogen) atoms. The Morgan fingerprint density at radius 2 is 1.83 bits per heavy atom. The minimum absolute atomic E-state index is 0.0597. The van der Waals surface area contributed by atoms with Crippen LogP contribution < -0.4 is 5.32 Å². The van der Waals surface area contributed by atoms with Crippen molar-refractivity contribution < 1.29 is 22.7 Å². The third-order valence-corrected chi connectivity index (χ3v) is 6.95. The van der Waals surface area contributed by atoms with E-state index in [0.29, 0.717) is 29.3 Å². The smallest absolute Gasteiger partial charge is 0.394 e. The Bertz CT molecular complexity index is 1130. The van der Waals surface area contributed by atoms with E-state index >= 15 is 8.63 Å². The molecule has 10 heteroatoms. The van der Waals surface area contributed by atoms with E-state index in [9.17, 15) is 9.59 Å². The third-order valence-electron chi connectivity index (χ3n) is 6.95. The van der Waals surface area contributed by atoms with Crippen LogP contribution in [0.15, 0.2) is 41.6 Å². The number of rotatable bonds is 9. The molecule has 0 aliphatic carbocycles. The number of amides is 1. The highest BCUT2D eigenvalue weighted by Crippen LogP contribution is 2.35. The zero-order chi connectivity index (χ0) is 25.2. The summed E-state index contributed by atoms with van der Waals surface area (Å²) in [5.74, 6) is -0.0673. The number of carbonyl (C=O) groups excluding carboxylic acids is 2. The Hall–Kier alpha value is -2.85. The second-order valence-corrected chi connectivity index (χ2v) is 9.58. The normalized spacial score (nSPS) is 20.0. The minimum Gasteiger partial charge on any atom is -0.394 e. The molecule has 0 spiro atoms. The van der Waals surface area contributed by atoms with Crippen molar-refractivity contribution >= 4 is 30.4 Å². The number of aryl methyl sites for hydroxylation is 1. The molecule has 4 rings (SSSR count). The number of fused-ring (bicyclic) bond motifs is 2. The average Bonchev–Trinajstić information content (AvgIpc) is 3.34. The molecule has 0 atom stereocenters. The van der Waals surface area contributed by atoms with Crippen molar-refractivity contribution in [1.82, 2.24) is 19.6 Å². The predicted octanol–water partition coefficient (Wildman–Crippen LogP) is 2.31. The van der Waals surface area contributed by atoms with E-state index < -0.39 is 6.97 Å². The molecule has 0 bridgehead atoms. The zero-order valence-corrected chi connectivity index (χ0v) is 20.8. The maximum atomic E-state index is 15.5. The molecule has 1 saturated heterocycles. The van der Waals surface area contributed by atoms with E-state index in [4.69, 9.17) is 0 Å². The number of nitrogens with one attached hydrogen (secondary N) is 1. The van der Waals surface area contributed by atoms with Gasteiger partial charge in [-0.05, 0) is 44.2 Å². The van der Waals surface area contributed by atoms with Crippen molar-refractivity contribution in [2.24, 2.45) is 0 Å². The quantitative estimate of drug-likeness (QED) is 0.431. The molecule has 3 aliphatic rings. The number of halogens is 2. The molecule has 1 aromatic heterocycles. The molecule has 1 fully saturated rings. The monoisotopic (exact) mass is 485 g/mol. The van der Waals surface area contributed by atoms with Crippen LogP contribution in [-0.4, -0.2) is 88.9 Å². The molecule has 4 heterocycles. The Morgan fingerprint density at radius 1 is 1.11 bits per heavy atom. The largest absolute Gasteiger partial charge is 0.737 e. The number of nitrogens with zero attached hydrogens (tertiary/aromatic N) is 4. The summed E-state index contributed by atoms with van der Waals surface area (Å²) in [6.45, 7) is 6.83. The van der Waals surface area contributed by atoms with E-state index in [1.807, 2.05) is 13.0 Å². The molecule has 0 radical (unpaired) electrons. The van der Waals surface area contributed by atoms with E-state index in [2.05, 4.69) is 15.1 Å². The van der Waals surface area contributed by atoms with Crippen LogP contribution in [-0.2, 0) is 16.0 Å². The topological polar surface area (TPSA) is 60.6 Å². The van der Waals surface area contributed by atoms with Gasteiger partial charge in [0.15, 0.2) is 11.5 Å². The number of piperazine rings is 1. The first-order valence-electron chi connectivity index (χ1n) is 12.3. The Labute approximate surface area is 205 Å². The second kappa shape index (κ2) is 10.4. The fourth-order valence-corrected chi connectivity index (χ4v) is 5.14. The van der Waals surface area contributed by atoms with Crippen LogP contribution >= 0.6 is 0 Å². The van der Waals surface area contributed by atoms with Gasteiger partial charge in [-0.25, -0.2) is 0 Å². The van der Waals surface area contributed by atoms with Gasteiger partial charge in [0.05, 0.1) is 0 Å². The molecular formula is C25H34BF2N5O2. The Balaban J connectivity index is 1.23. The van der Waals surface area contributed by atoms with Gasteiger partial charge in [0.1, 0.15) is 5.71 Å². The molecule has 0 unspecified atom stereocenters. The van der Waals surface area contributed by atoms with Gasteiger partial charge in [-0.3, -0.25) is 19.4 Å². The van der Waals surface area contributed by atoms with Crippen LogP contribution in [0.4, 0.5) is 8.63 Å². The lowest BCUT2D eigenvalue weighted by molar-refractivity contribution is -0.362. The molecule has 0 saturated carbocycles. The average molecular weight is 485 g/mol. The molecular weight excluding hydrogens is 451 g/mol. The van der Waals surface area contributed by atoms with Crippen LogP contribution in [0.25, 0.3) is 6.08 Å². The number of carbonyl (C=O) groups is 2. The maximum Gasteiger partial charge on any atom is 0.737 e. The Morgan fingerprint density at radius 3 is 2.54 bits per heavy atom. The molecule has 7 nitrogen and oxygen atoms in total. The van der Waals surface area contributed by atoms with Crippen LogP contribution in [0.1, 0.15) is 38.6 Å². The number of hydrogen-bond donors (Lipinski definition) is 1. The van der Waals surface area contributed by atoms with Crippen molar-refractivity contribution in [2.75, 3.05) is 45.8 Å². The molecule has 3 aliphatic heterocycles. The molecule has 1 amide bonds. The molecule has 188 valence electrons. The fourth-order valence-electron chi connectivity index (χ4n) is 5.14. The highest BCUT2D eigenvalue weighted by atomic mass is 19.2. The summed E-state index contributed by atoms with van der Waals surface area (Å²) in [4.78, 5) is 28.0. The fraction of sp³-hybridized carbons (Fsp3) is 0.480.